The quantitative estimate of drug-likeness (QED) is 0.571. The van der Waals surface area contributed by atoms with E-state index in [2.05, 4.69) is 90.2 Å². The van der Waals surface area contributed by atoms with Crippen molar-refractivity contribution in [3.63, 3.8) is 0 Å². The average Bonchev–Trinajstić information content (AvgIpc) is 2.71. The highest BCUT2D eigenvalue weighted by atomic mass is 15.3. The van der Waals surface area contributed by atoms with Gasteiger partial charge in [0.25, 0.3) is 0 Å². The minimum Gasteiger partial charge on any atom is -0.350 e. The van der Waals surface area contributed by atoms with Crippen LogP contribution in [0.3, 0.4) is 0 Å². The van der Waals surface area contributed by atoms with Gasteiger partial charge in [-0.05, 0) is 38.0 Å². The largest absolute Gasteiger partial charge is 0.350 e. The Kier molecular flexibility index (Phi) is 6.42. The Balaban J connectivity index is 1.83. The van der Waals surface area contributed by atoms with Crippen molar-refractivity contribution in [1.29, 1.82) is 0 Å². The normalized spacial score (nSPS) is 10.8. The van der Waals surface area contributed by atoms with Gasteiger partial charge in [0.1, 0.15) is 5.82 Å². The minimum atomic E-state index is 0.345. The van der Waals surface area contributed by atoms with Crippen molar-refractivity contribution >= 4 is 11.8 Å². The number of rotatable bonds is 8. The van der Waals surface area contributed by atoms with Crippen LogP contribution in [0.4, 0.5) is 11.8 Å². The molecule has 0 aliphatic heterocycles. The summed E-state index contributed by atoms with van der Waals surface area (Å²) in [5.41, 5.74) is 2.54. The highest BCUT2D eigenvalue weighted by Gasteiger charge is 2.15. The number of anilines is 2. The van der Waals surface area contributed by atoms with Crippen molar-refractivity contribution in [3.8, 4) is 0 Å². The molecule has 0 aliphatic rings. The molecule has 27 heavy (non-hydrogen) atoms. The molecule has 0 saturated heterocycles. The van der Waals surface area contributed by atoms with Crippen molar-refractivity contribution in [3.05, 3.63) is 84.1 Å². The molecular weight excluding hydrogens is 332 g/mol. The first-order valence-corrected chi connectivity index (χ1v) is 9.60. The molecule has 0 spiro atoms. The Morgan fingerprint density at radius 2 is 1.41 bits per heavy atom. The van der Waals surface area contributed by atoms with E-state index in [4.69, 9.17) is 4.98 Å². The van der Waals surface area contributed by atoms with Crippen LogP contribution in [-0.4, -0.2) is 22.6 Å². The molecule has 1 heterocycles. The number of hydrogen-bond acceptors (Lipinski definition) is 4. The lowest BCUT2D eigenvalue weighted by atomic mass is 10.2. The summed E-state index contributed by atoms with van der Waals surface area (Å²) in [6.07, 6.45) is 1.87. The second kappa shape index (κ2) is 9.17. The molecule has 0 radical (unpaired) electrons. The van der Waals surface area contributed by atoms with Crippen LogP contribution in [-0.2, 0) is 13.1 Å². The highest BCUT2D eigenvalue weighted by molar-refractivity contribution is 5.45. The Hall–Kier alpha value is -2.88. The van der Waals surface area contributed by atoms with Crippen LogP contribution in [0.2, 0.25) is 0 Å². The molecule has 4 heteroatoms. The molecule has 0 unspecified atom stereocenters. The van der Waals surface area contributed by atoms with Crippen molar-refractivity contribution in [2.45, 2.75) is 39.9 Å². The summed E-state index contributed by atoms with van der Waals surface area (Å²) < 4.78 is 0. The van der Waals surface area contributed by atoms with Crippen LogP contribution in [0, 0.1) is 0 Å². The van der Waals surface area contributed by atoms with Crippen LogP contribution >= 0.6 is 0 Å². The third-order valence-electron chi connectivity index (χ3n) is 4.62. The van der Waals surface area contributed by atoms with E-state index in [1.165, 1.54) is 11.1 Å². The van der Waals surface area contributed by atoms with Crippen LogP contribution in [0.5, 0.6) is 0 Å². The Labute approximate surface area is 162 Å². The molecule has 0 atom stereocenters. The molecule has 2 aromatic carbocycles. The first kappa shape index (κ1) is 18.9. The van der Waals surface area contributed by atoms with Crippen molar-refractivity contribution in [2.24, 2.45) is 0 Å². The third-order valence-corrected chi connectivity index (χ3v) is 4.62. The first-order valence-electron chi connectivity index (χ1n) is 9.60. The molecule has 3 aromatic rings. The predicted octanol–water partition coefficient (Wildman–Crippen LogP) is 4.92. The zero-order valence-corrected chi connectivity index (χ0v) is 16.4. The van der Waals surface area contributed by atoms with Gasteiger partial charge in [0, 0.05) is 31.9 Å². The summed E-state index contributed by atoms with van der Waals surface area (Å²) in [6.45, 7) is 9.04. The van der Waals surface area contributed by atoms with Gasteiger partial charge in [-0.2, -0.15) is 4.98 Å². The van der Waals surface area contributed by atoms with E-state index in [1.807, 2.05) is 18.3 Å². The lowest BCUT2D eigenvalue weighted by Gasteiger charge is -2.29. The van der Waals surface area contributed by atoms with Gasteiger partial charge in [0.2, 0.25) is 5.95 Å². The van der Waals surface area contributed by atoms with Crippen molar-refractivity contribution in [1.82, 2.24) is 9.97 Å². The van der Waals surface area contributed by atoms with Gasteiger partial charge in [0.05, 0.1) is 0 Å². The smallest absolute Gasteiger partial charge is 0.227 e. The molecule has 0 fully saturated rings. The predicted molar refractivity (Wildman–Crippen MR) is 113 cm³/mol. The van der Waals surface area contributed by atoms with Crippen molar-refractivity contribution < 1.29 is 0 Å². The Bertz CT molecular complexity index is 818. The van der Waals surface area contributed by atoms with Gasteiger partial charge in [-0.15, -0.1) is 0 Å². The van der Waals surface area contributed by atoms with Gasteiger partial charge in [-0.3, -0.25) is 0 Å². The molecule has 0 bridgehead atoms. The fourth-order valence-corrected chi connectivity index (χ4v) is 3.09. The van der Waals surface area contributed by atoms with Crippen molar-refractivity contribution in [2.75, 3.05) is 16.3 Å². The molecule has 1 aromatic heterocycles. The maximum atomic E-state index is 4.90. The van der Waals surface area contributed by atoms with E-state index in [1.54, 1.807) is 0 Å². The Morgan fingerprint density at radius 3 is 1.96 bits per heavy atom. The second-order valence-corrected chi connectivity index (χ2v) is 6.92. The molecular formula is C23H28N4. The standard InChI is InChI=1S/C23H28N4/c1-4-26(17-20-11-7-5-8-12-20)23-24-16-15-22(25-23)27(19(2)3)18-21-13-9-6-10-14-21/h5-16,19H,4,17-18H2,1-3H3. The summed E-state index contributed by atoms with van der Waals surface area (Å²) in [5.74, 6) is 1.74. The lowest BCUT2D eigenvalue weighted by molar-refractivity contribution is 0.668. The maximum absolute atomic E-state index is 4.90. The highest BCUT2D eigenvalue weighted by Crippen LogP contribution is 2.21. The van der Waals surface area contributed by atoms with E-state index in [0.29, 0.717) is 6.04 Å². The van der Waals surface area contributed by atoms with Crippen LogP contribution in [0.1, 0.15) is 31.9 Å². The average molecular weight is 361 g/mol. The zero-order valence-electron chi connectivity index (χ0n) is 16.4. The summed E-state index contributed by atoms with van der Waals surface area (Å²) in [7, 11) is 0. The van der Waals surface area contributed by atoms with Crippen LogP contribution in [0.25, 0.3) is 0 Å². The van der Waals surface area contributed by atoms with Gasteiger partial charge in [-0.1, -0.05) is 60.7 Å². The van der Waals surface area contributed by atoms with E-state index < -0.39 is 0 Å². The topological polar surface area (TPSA) is 32.3 Å². The van der Waals surface area contributed by atoms with Gasteiger partial charge in [-0.25, -0.2) is 4.98 Å². The second-order valence-electron chi connectivity index (χ2n) is 6.92. The first-order chi connectivity index (χ1) is 13.2. The summed E-state index contributed by atoms with van der Waals surface area (Å²) in [5, 5.41) is 0. The van der Waals surface area contributed by atoms with Gasteiger partial charge < -0.3 is 9.80 Å². The number of nitrogens with zero attached hydrogens (tertiary/aromatic N) is 4. The summed E-state index contributed by atoms with van der Waals surface area (Å²) in [6, 6.07) is 23.3. The fourth-order valence-electron chi connectivity index (χ4n) is 3.09. The molecule has 0 saturated carbocycles. The molecule has 4 nitrogen and oxygen atoms in total. The molecule has 140 valence electrons. The van der Waals surface area contributed by atoms with E-state index >= 15 is 0 Å². The summed E-state index contributed by atoms with van der Waals surface area (Å²) >= 11 is 0. The maximum Gasteiger partial charge on any atom is 0.227 e. The minimum absolute atomic E-state index is 0.345. The fraction of sp³-hybridized carbons (Fsp3) is 0.304. The summed E-state index contributed by atoms with van der Waals surface area (Å²) in [4.78, 5) is 14.0. The molecule has 0 aliphatic carbocycles. The van der Waals surface area contributed by atoms with Crippen LogP contribution < -0.4 is 9.80 Å². The lowest BCUT2D eigenvalue weighted by Crippen LogP contribution is -2.32. The SMILES string of the molecule is CCN(Cc1ccccc1)c1nccc(N(Cc2ccccc2)C(C)C)n1. The van der Waals surface area contributed by atoms with Gasteiger partial charge in [0.15, 0.2) is 0 Å². The van der Waals surface area contributed by atoms with E-state index in [0.717, 1.165) is 31.4 Å². The molecule has 0 N–H and O–H groups in total. The number of hydrogen-bond donors (Lipinski definition) is 0. The monoisotopic (exact) mass is 360 g/mol. The Morgan fingerprint density at radius 1 is 0.815 bits per heavy atom. The van der Waals surface area contributed by atoms with Crippen LogP contribution in [0.15, 0.2) is 72.9 Å². The molecule has 0 amide bonds. The zero-order chi connectivity index (χ0) is 19.1. The molecule has 3 rings (SSSR count). The van der Waals surface area contributed by atoms with Gasteiger partial charge >= 0.3 is 0 Å². The van der Waals surface area contributed by atoms with E-state index in [9.17, 15) is 0 Å². The number of aromatic nitrogens is 2. The number of benzene rings is 2. The van der Waals surface area contributed by atoms with E-state index in [-0.39, 0.29) is 0 Å². The third kappa shape index (κ3) is 5.07.